The van der Waals surface area contributed by atoms with E-state index in [0.717, 1.165) is 24.3 Å². The maximum atomic E-state index is 15.2. The average Bonchev–Trinajstić information content (AvgIpc) is 2.69. The molecule has 0 saturated heterocycles. The second-order valence-electron chi connectivity index (χ2n) is 5.84. The van der Waals surface area contributed by atoms with Crippen LogP contribution in [0.15, 0.2) is 64.6 Å². The molecule has 0 amide bonds. The SMILES string of the molecule is CCCS(=O)(=O)ON=C(c1ccc(OC)cc1)C(F)(F)S(=O)(=O)c1ccccc1. The van der Waals surface area contributed by atoms with Gasteiger partial charge in [0.15, 0.2) is 5.71 Å². The van der Waals surface area contributed by atoms with Crippen molar-refractivity contribution < 1.29 is 34.6 Å². The van der Waals surface area contributed by atoms with Gasteiger partial charge in [0.05, 0.1) is 17.8 Å². The number of methoxy groups -OCH3 is 1. The lowest BCUT2D eigenvalue weighted by atomic mass is 10.1. The number of rotatable bonds is 9. The van der Waals surface area contributed by atoms with Crippen molar-refractivity contribution in [2.75, 3.05) is 12.9 Å². The van der Waals surface area contributed by atoms with E-state index in [2.05, 4.69) is 9.44 Å². The molecule has 0 radical (unpaired) electrons. The molecular weight excluding hydrogens is 428 g/mol. The minimum atomic E-state index is -5.25. The maximum absolute atomic E-state index is 15.2. The number of sulfone groups is 1. The summed E-state index contributed by atoms with van der Waals surface area (Å²) < 4.78 is 88.3. The minimum Gasteiger partial charge on any atom is -0.497 e. The van der Waals surface area contributed by atoms with Crippen molar-refractivity contribution in [3.8, 4) is 5.75 Å². The highest BCUT2D eigenvalue weighted by molar-refractivity contribution is 7.93. The molecular formula is C18H19F2NO6S2. The summed E-state index contributed by atoms with van der Waals surface area (Å²) in [6.07, 6.45) is 0.161. The lowest BCUT2D eigenvalue weighted by Gasteiger charge is -2.19. The Morgan fingerprint density at radius 1 is 1.00 bits per heavy atom. The van der Waals surface area contributed by atoms with Crippen molar-refractivity contribution in [2.24, 2.45) is 5.16 Å². The molecule has 0 saturated carbocycles. The Hall–Kier alpha value is -2.53. The number of alkyl halides is 2. The number of hydrogen-bond donors (Lipinski definition) is 0. The molecule has 0 aliphatic rings. The fraction of sp³-hybridized carbons (Fsp3) is 0.278. The molecule has 11 heteroatoms. The van der Waals surface area contributed by atoms with Crippen LogP contribution >= 0.6 is 0 Å². The smallest absolute Gasteiger partial charge is 0.395 e. The van der Waals surface area contributed by atoms with E-state index in [9.17, 15) is 16.8 Å². The van der Waals surface area contributed by atoms with E-state index in [1.807, 2.05) is 0 Å². The summed E-state index contributed by atoms with van der Waals surface area (Å²) in [6.45, 7) is 1.55. The molecule has 0 heterocycles. The Morgan fingerprint density at radius 3 is 2.10 bits per heavy atom. The quantitative estimate of drug-likeness (QED) is 0.432. The van der Waals surface area contributed by atoms with Crippen LogP contribution in [0, 0.1) is 0 Å². The van der Waals surface area contributed by atoms with Crippen LogP contribution in [0.3, 0.4) is 0 Å². The van der Waals surface area contributed by atoms with Gasteiger partial charge in [-0.1, -0.05) is 30.3 Å². The Kier molecular flexibility index (Phi) is 6.96. The first-order valence-corrected chi connectivity index (χ1v) is 11.4. The van der Waals surface area contributed by atoms with Crippen molar-refractivity contribution in [3.05, 3.63) is 60.2 Å². The van der Waals surface area contributed by atoms with Gasteiger partial charge in [-0.2, -0.15) is 17.2 Å². The van der Waals surface area contributed by atoms with Gasteiger partial charge in [0, 0.05) is 5.56 Å². The van der Waals surface area contributed by atoms with Crippen LogP contribution in [0.4, 0.5) is 8.78 Å². The molecule has 0 aromatic heterocycles. The molecule has 0 bridgehead atoms. The highest BCUT2D eigenvalue weighted by Crippen LogP contribution is 2.33. The fourth-order valence-corrected chi connectivity index (χ4v) is 4.26. The summed E-state index contributed by atoms with van der Waals surface area (Å²) in [7, 11) is -8.15. The second kappa shape index (κ2) is 8.87. The molecule has 0 atom stereocenters. The van der Waals surface area contributed by atoms with Gasteiger partial charge in [-0.3, -0.25) is 4.28 Å². The predicted octanol–water partition coefficient (Wildman–Crippen LogP) is 3.22. The van der Waals surface area contributed by atoms with E-state index < -0.39 is 41.6 Å². The van der Waals surface area contributed by atoms with Gasteiger partial charge in [-0.25, -0.2) is 8.42 Å². The van der Waals surface area contributed by atoms with E-state index in [1.54, 1.807) is 6.92 Å². The highest BCUT2D eigenvalue weighted by Gasteiger charge is 2.52. The Morgan fingerprint density at radius 2 is 1.59 bits per heavy atom. The molecule has 2 rings (SSSR count). The van der Waals surface area contributed by atoms with Crippen LogP contribution < -0.4 is 4.74 Å². The van der Waals surface area contributed by atoms with Gasteiger partial charge in [0.1, 0.15) is 5.75 Å². The van der Waals surface area contributed by atoms with Crippen molar-refractivity contribution in [1.29, 1.82) is 0 Å². The Balaban J connectivity index is 2.61. The van der Waals surface area contributed by atoms with Gasteiger partial charge >= 0.3 is 15.4 Å². The van der Waals surface area contributed by atoms with Gasteiger partial charge in [-0.15, -0.1) is 0 Å². The average molecular weight is 447 g/mol. The number of nitrogens with zero attached hydrogens (tertiary/aromatic N) is 1. The molecule has 2 aromatic rings. The number of benzene rings is 2. The fourth-order valence-electron chi connectivity index (χ4n) is 2.28. The topological polar surface area (TPSA) is 99.1 Å². The normalized spacial score (nSPS) is 13.2. The molecule has 0 spiro atoms. The molecule has 0 N–H and O–H groups in total. The van der Waals surface area contributed by atoms with Gasteiger partial charge in [0.25, 0.3) is 0 Å². The van der Waals surface area contributed by atoms with Crippen molar-refractivity contribution in [3.63, 3.8) is 0 Å². The molecule has 7 nitrogen and oxygen atoms in total. The summed E-state index contributed by atoms with van der Waals surface area (Å²) in [4.78, 5) is -0.650. The van der Waals surface area contributed by atoms with Crippen LogP contribution in [0.25, 0.3) is 0 Å². The van der Waals surface area contributed by atoms with Crippen LogP contribution in [0.5, 0.6) is 5.75 Å². The molecule has 0 aliphatic heterocycles. The van der Waals surface area contributed by atoms with E-state index in [0.29, 0.717) is 5.75 Å². The van der Waals surface area contributed by atoms with E-state index in [4.69, 9.17) is 4.74 Å². The molecule has 0 aliphatic carbocycles. The first kappa shape index (κ1) is 22.8. The predicted molar refractivity (Wildman–Crippen MR) is 103 cm³/mol. The van der Waals surface area contributed by atoms with Gasteiger partial charge < -0.3 is 4.74 Å². The van der Waals surface area contributed by atoms with E-state index in [-0.39, 0.29) is 12.0 Å². The first-order chi connectivity index (χ1) is 13.5. The zero-order valence-electron chi connectivity index (χ0n) is 15.6. The molecule has 158 valence electrons. The third-order valence-corrected chi connectivity index (χ3v) is 6.70. The summed E-state index contributed by atoms with van der Waals surface area (Å²) in [5, 5.41) is -1.52. The highest BCUT2D eigenvalue weighted by atomic mass is 32.2. The van der Waals surface area contributed by atoms with Crippen molar-refractivity contribution >= 4 is 25.7 Å². The van der Waals surface area contributed by atoms with Crippen LogP contribution in [-0.2, 0) is 24.2 Å². The largest absolute Gasteiger partial charge is 0.497 e. The van der Waals surface area contributed by atoms with E-state index >= 15 is 8.78 Å². The van der Waals surface area contributed by atoms with Gasteiger partial charge in [-0.05, 0) is 42.8 Å². The molecule has 2 aromatic carbocycles. The summed E-state index contributed by atoms with van der Waals surface area (Å²) in [5.41, 5.74) is -1.70. The van der Waals surface area contributed by atoms with Crippen molar-refractivity contribution in [2.45, 2.75) is 23.5 Å². The number of oxime groups is 1. The van der Waals surface area contributed by atoms with E-state index in [1.165, 1.54) is 37.4 Å². The maximum Gasteiger partial charge on any atom is 0.395 e. The Bertz CT molecular complexity index is 1070. The molecule has 0 fully saturated rings. The number of hydrogen-bond acceptors (Lipinski definition) is 7. The zero-order chi connectivity index (χ0) is 21.7. The second-order valence-corrected chi connectivity index (χ2v) is 9.50. The number of ether oxygens (including phenoxy) is 1. The molecule has 0 unspecified atom stereocenters. The third-order valence-electron chi connectivity index (χ3n) is 3.73. The number of halogens is 2. The summed E-state index contributed by atoms with van der Waals surface area (Å²) >= 11 is 0. The lowest BCUT2D eigenvalue weighted by molar-refractivity contribution is 0.164. The zero-order valence-corrected chi connectivity index (χ0v) is 17.2. The minimum absolute atomic E-state index is 0.161. The first-order valence-electron chi connectivity index (χ1n) is 8.37. The monoisotopic (exact) mass is 447 g/mol. The van der Waals surface area contributed by atoms with Gasteiger partial charge in [0.2, 0.25) is 9.84 Å². The van der Waals surface area contributed by atoms with Crippen LogP contribution in [-0.4, -0.2) is 40.7 Å². The summed E-state index contributed by atoms with van der Waals surface area (Å²) in [6, 6.07) is 10.9. The van der Waals surface area contributed by atoms with Crippen LogP contribution in [0.1, 0.15) is 18.9 Å². The third kappa shape index (κ3) is 5.10. The molecule has 29 heavy (non-hydrogen) atoms. The standard InChI is InChI=1S/C18H19F2NO6S2/c1-3-13-28(22,23)27-21-17(14-9-11-15(26-2)12-10-14)18(19,20)29(24,25)16-7-5-4-6-8-16/h4-12H,3,13H2,1-2H3. The Labute approximate surface area is 168 Å². The van der Waals surface area contributed by atoms with Crippen molar-refractivity contribution in [1.82, 2.24) is 0 Å². The summed E-state index contributed by atoms with van der Waals surface area (Å²) in [5.74, 6) is -0.148. The lowest BCUT2D eigenvalue weighted by Crippen LogP contribution is -2.39. The van der Waals surface area contributed by atoms with Crippen LogP contribution in [0.2, 0.25) is 0 Å².